The largest absolute Gasteiger partial charge is 0.376 e. The summed E-state index contributed by atoms with van der Waals surface area (Å²) in [5.41, 5.74) is 0.849. The van der Waals surface area contributed by atoms with Crippen molar-refractivity contribution in [1.82, 2.24) is 5.32 Å². The van der Waals surface area contributed by atoms with E-state index in [4.69, 9.17) is 4.74 Å². The molecule has 1 saturated heterocycles. The Hall–Kier alpha value is -1.53. The van der Waals surface area contributed by atoms with Gasteiger partial charge in [-0.25, -0.2) is 0 Å². The summed E-state index contributed by atoms with van der Waals surface area (Å²) in [6.45, 7) is 2.91. The molecule has 0 saturated carbocycles. The number of rotatable bonds is 3. The number of thioether (sulfide) groups is 1. The van der Waals surface area contributed by atoms with Crippen LogP contribution in [-0.4, -0.2) is 42.9 Å². The smallest absolute Gasteiger partial charge is 0.252 e. The molecule has 3 rings (SSSR count). The van der Waals surface area contributed by atoms with E-state index in [0.717, 1.165) is 30.0 Å². The van der Waals surface area contributed by atoms with Gasteiger partial charge in [0, 0.05) is 25.1 Å². The summed E-state index contributed by atoms with van der Waals surface area (Å²) in [6, 6.07) is 7.64. The van der Waals surface area contributed by atoms with Crippen LogP contribution in [0.5, 0.6) is 0 Å². The Morgan fingerprint density at radius 1 is 1.50 bits per heavy atom. The summed E-state index contributed by atoms with van der Waals surface area (Å²) < 4.78 is 4.37. The summed E-state index contributed by atoms with van der Waals surface area (Å²) in [5, 5.41) is 2.88. The highest BCUT2D eigenvalue weighted by atomic mass is 32.2. The average molecular weight is 320 g/mol. The minimum absolute atomic E-state index is 0.0706. The van der Waals surface area contributed by atoms with Gasteiger partial charge in [0.2, 0.25) is 5.91 Å². The van der Waals surface area contributed by atoms with Crippen LogP contribution in [0.3, 0.4) is 0 Å². The van der Waals surface area contributed by atoms with Gasteiger partial charge in [-0.15, -0.1) is 0 Å². The lowest BCUT2D eigenvalue weighted by Gasteiger charge is -2.37. The maximum atomic E-state index is 12.7. The van der Waals surface area contributed by atoms with Crippen LogP contribution in [0.4, 0.5) is 5.69 Å². The van der Waals surface area contributed by atoms with Gasteiger partial charge in [0.15, 0.2) is 4.75 Å². The van der Waals surface area contributed by atoms with Gasteiger partial charge in [0.1, 0.15) is 0 Å². The van der Waals surface area contributed by atoms with Crippen LogP contribution < -0.4 is 10.2 Å². The molecular weight excluding hydrogens is 300 g/mol. The number of benzene rings is 1. The number of ether oxygens (including phenoxy) is 1. The Kier molecular flexibility index (Phi) is 4.14. The molecule has 1 N–H and O–H groups in total. The molecule has 2 atom stereocenters. The number of para-hydroxylation sites is 1. The van der Waals surface area contributed by atoms with Crippen molar-refractivity contribution < 1.29 is 14.3 Å². The molecule has 1 fully saturated rings. The Balaban J connectivity index is 1.76. The third kappa shape index (κ3) is 2.61. The number of nitrogens with one attached hydrogen (secondary N) is 1. The second kappa shape index (κ2) is 5.93. The molecular formula is C16H20N2O3S. The predicted molar refractivity (Wildman–Crippen MR) is 86.1 cm³/mol. The SMILES string of the molecule is CN1C(=O)[C@](C)(C(=O)NC[C@@H]2CCCO2)Sc2ccccc21. The topological polar surface area (TPSA) is 58.6 Å². The van der Waals surface area contributed by atoms with Gasteiger partial charge in [-0.2, -0.15) is 0 Å². The summed E-state index contributed by atoms with van der Waals surface area (Å²) in [4.78, 5) is 27.8. The van der Waals surface area contributed by atoms with E-state index < -0.39 is 4.75 Å². The Morgan fingerprint density at radius 3 is 3.00 bits per heavy atom. The first-order valence-corrected chi connectivity index (χ1v) is 8.30. The van der Waals surface area contributed by atoms with Crippen LogP contribution in [0, 0.1) is 0 Å². The summed E-state index contributed by atoms with van der Waals surface area (Å²) in [7, 11) is 1.71. The van der Waals surface area contributed by atoms with Crippen LogP contribution in [0.25, 0.3) is 0 Å². The Morgan fingerprint density at radius 2 is 2.27 bits per heavy atom. The number of fused-ring (bicyclic) bond motifs is 1. The summed E-state index contributed by atoms with van der Waals surface area (Å²) in [5.74, 6) is -0.444. The molecule has 22 heavy (non-hydrogen) atoms. The number of hydrogen-bond acceptors (Lipinski definition) is 4. The maximum absolute atomic E-state index is 12.7. The van der Waals surface area contributed by atoms with Gasteiger partial charge >= 0.3 is 0 Å². The zero-order valence-electron chi connectivity index (χ0n) is 12.8. The molecule has 0 radical (unpaired) electrons. The molecule has 0 bridgehead atoms. The number of amides is 2. The number of carbonyl (C=O) groups is 2. The van der Waals surface area contributed by atoms with E-state index in [-0.39, 0.29) is 17.9 Å². The molecule has 1 aromatic carbocycles. The normalized spacial score (nSPS) is 27.6. The van der Waals surface area contributed by atoms with Crippen molar-refractivity contribution in [2.75, 3.05) is 25.1 Å². The van der Waals surface area contributed by atoms with Gasteiger partial charge < -0.3 is 15.0 Å². The second-order valence-electron chi connectivity index (χ2n) is 5.81. The van der Waals surface area contributed by atoms with Crippen molar-refractivity contribution in [3.05, 3.63) is 24.3 Å². The van der Waals surface area contributed by atoms with Gasteiger partial charge in [-0.3, -0.25) is 9.59 Å². The van der Waals surface area contributed by atoms with E-state index in [1.54, 1.807) is 18.9 Å². The van der Waals surface area contributed by atoms with Crippen molar-refractivity contribution in [3.63, 3.8) is 0 Å². The molecule has 2 aliphatic rings. The fourth-order valence-corrected chi connectivity index (χ4v) is 4.12. The van der Waals surface area contributed by atoms with Crippen LogP contribution in [0.15, 0.2) is 29.2 Å². The standard InChI is InChI=1S/C16H20N2O3S/c1-16(14(19)17-10-11-6-5-9-21-11)15(20)18(2)12-7-3-4-8-13(12)22-16/h3-4,7-8,11H,5-6,9-10H2,1-2H3,(H,17,19)/t11-,16-/m0/s1. The molecule has 5 nitrogen and oxygen atoms in total. The second-order valence-corrected chi connectivity index (χ2v) is 7.27. The van der Waals surface area contributed by atoms with Crippen molar-refractivity contribution in [2.24, 2.45) is 0 Å². The van der Waals surface area contributed by atoms with E-state index in [1.165, 1.54) is 11.8 Å². The van der Waals surface area contributed by atoms with Crippen molar-refractivity contribution >= 4 is 29.3 Å². The molecule has 0 aliphatic carbocycles. The zero-order chi connectivity index (χ0) is 15.7. The molecule has 2 heterocycles. The third-order valence-corrected chi connectivity index (χ3v) is 5.53. The van der Waals surface area contributed by atoms with E-state index in [1.807, 2.05) is 24.3 Å². The first kappa shape index (κ1) is 15.4. The average Bonchev–Trinajstić information content (AvgIpc) is 3.04. The van der Waals surface area contributed by atoms with Crippen molar-refractivity contribution in [3.8, 4) is 0 Å². The van der Waals surface area contributed by atoms with Crippen LogP contribution >= 0.6 is 11.8 Å². The maximum Gasteiger partial charge on any atom is 0.252 e. The zero-order valence-corrected chi connectivity index (χ0v) is 13.6. The Bertz CT molecular complexity index is 601. The van der Waals surface area contributed by atoms with Crippen LogP contribution in [0.1, 0.15) is 19.8 Å². The van der Waals surface area contributed by atoms with Crippen molar-refractivity contribution in [2.45, 2.75) is 35.5 Å². The van der Waals surface area contributed by atoms with E-state index in [9.17, 15) is 9.59 Å². The van der Waals surface area contributed by atoms with Gasteiger partial charge in [0.05, 0.1) is 11.8 Å². The monoisotopic (exact) mass is 320 g/mol. The molecule has 1 aromatic rings. The molecule has 0 spiro atoms. The quantitative estimate of drug-likeness (QED) is 0.863. The lowest BCUT2D eigenvalue weighted by Crippen LogP contribution is -2.56. The first-order valence-electron chi connectivity index (χ1n) is 7.48. The summed E-state index contributed by atoms with van der Waals surface area (Å²) in [6.07, 6.45) is 2.06. The van der Waals surface area contributed by atoms with Crippen LogP contribution in [0.2, 0.25) is 0 Å². The van der Waals surface area contributed by atoms with Gasteiger partial charge in [-0.05, 0) is 31.9 Å². The fraction of sp³-hybridized carbons (Fsp3) is 0.500. The highest BCUT2D eigenvalue weighted by molar-refractivity contribution is 8.02. The fourth-order valence-electron chi connectivity index (χ4n) is 2.84. The van der Waals surface area contributed by atoms with E-state index in [2.05, 4.69) is 5.32 Å². The number of carbonyl (C=O) groups excluding carboxylic acids is 2. The van der Waals surface area contributed by atoms with E-state index >= 15 is 0 Å². The molecule has 2 aliphatic heterocycles. The minimum Gasteiger partial charge on any atom is -0.376 e. The molecule has 0 unspecified atom stereocenters. The minimum atomic E-state index is -1.14. The van der Waals surface area contributed by atoms with Gasteiger partial charge in [0.25, 0.3) is 5.91 Å². The number of hydrogen-bond donors (Lipinski definition) is 1. The van der Waals surface area contributed by atoms with Crippen molar-refractivity contribution in [1.29, 1.82) is 0 Å². The predicted octanol–water partition coefficient (Wildman–Crippen LogP) is 1.81. The highest BCUT2D eigenvalue weighted by Gasteiger charge is 2.48. The summed E-state index contributed by atoms with van der Waals surface area (Å²) >= 11 is 1.32. The first-order chi connectivity index (χ1) is 10.5. The molecule has 0 aromatic heterocycles. The number of anilines is 1. The Labute approximate surface area is 134 Å². The molecule has 118 valence electrons. The third-order valence-electron chi connectivity index (χ3n) is 4.20. The molecule has 2 amide bonds. The van der Waals surface area contributed by atoms with E-state index in [0.29, 0.717) is 6.54 Å². The number of nitrogens with zero attached hydrogens (tertiary/aromatic N) is 1. The molecule has 6 heteroatoms. The van der Waals surface area contributed by atoms with Crippen LogP contribution in [-0.2, 0) is 14.3 Å². The van der Waals surface area contributed by atoms with Gasteiger partial charge in [-0.1, -0.05) is 23.9 Å². The highest BCUT2D eigenvalue weighted by Crippen LogP contribution is 2.44. The lowest BCUT2D eigenvalue weighted by molar-refractivity contribution is -0.131. The lowest BCUT2D eigenvalue weighted by atomic mass is 10.1.